The fourth-order valence-electron chi connectivity index (χ4n) is 2.30. The fourth-order valence-corrected chi connectivity index (χ4v) is 2.57. The van der Waals surface area contributed by atoms with E-state index in [1.807, 2.05) is 18.2 Å². The highest BCUT2D eigenvalue weighted by molar-refractivity contribution is 6.31. The first-order valence-electron chi connectivity index (χ1n) is 5.51. The summed E-state index contributed by atoms with van der Waals surface area (Å²) in [6.45, 7) is 0. The number of carbonyl (C=O) groups is 1. The molecule has 0 aliphatic heterocycles. The van der Waals surface area contributed by atoms with E-state index >= 15 is 0 Å². The molecule has 1 unspecified atom stereocenters. The van der Waals surface area contributed by atoms with Crippen molar-refractivity contribution >= 4 is 17.9 Å². The van der Waals surface area contributed by atoms with Crippen LogP contribution in [0.5, 0.6) is 0 Å². The summed E-state index contributed by atoms with van der Waals surface area (Å²) in [5.74, 6) is 1.00. The summed E-state index contributed by atoms with van der Waals surface area (Å²) in [6.07, 6.45) is 5.40. The van der Waals surface area contributed by atoms with Crippen LogP contribution in [0.3, 0.4) is 0 Å². The predicted octanol–water partition coefficient (Wildman–Crippen LogP) is 3.81. The van der Waals surface area contributed by atoms with Crippen LogP contribution in [0, 0.1) is 5.92 Å². The van der Waals surface area contributed by atoms with Crippen molar-refractivity contribution in [3.05, 3.63) is 34.9 Å². The second-order valence-electron chi connectivity index (χ2n) is 4.22. The van der Waals surface area contributed by atoms with Gasteiger partial charge in [-0.15, -0.1) is 0 Å². The Morgan fingerprint density at radius 3 is 2.67 bits per heavy atom. The lowest BCUT2D eigenvalue weighted by atomic mass is 9.72. The molecular formula is C13H15ClO. The van der Waals surface area contributed by atoms with Crippen LogP contribution in [0.2, 0.25) is 5.02 Å². The van der Waals surface area contributed by atoms with E-state index in [9.17, 15) is 4.79 Å². The van der Waals surface area contributed by atoms with Crippen molar-refractivity contribution < 1.29 is 4.79 Å². The van der Waals surface area contributed by atoms with Gasteiger partial charge in [-0.05, 0) is 36.3 Å². The van der Waals surface area contributed by atoms with Gasteiger partial charge in [0.05, 0.1) is 0 Å². The molecule has 0 bridgehead atoms. The summed E-state index contributed by atoms with van der Waals surface area (Å²) in [5.41, 5.74) is 1.15. The van der Waals surface area contributed by atoms with E-state index in [1.54, 1.807) is 0 Å². The van der Waals surface area contributed by atoms with Gasteiger partial charge in [0.1, 0.15) is 6.29 Å². The van der Waals surface area contributed by atoms with Crippen molar-refractivity contribution in [1.29, 1.82) is 0 Å². The minimum absolute atomic E-state index is 0.338. The lowest BCUT2D eigenvalue weighted by Crippen LogP contribution is -2.21. The van der Waals surface area contributed by atoms with Crippen LogP contribution >= 0.6 is 11.6 Å². The Labute approximate surface area is 95.4 Å². The topological polar surface area (TPSA) is 17.1 Å². The Balaban J connectivity index is 2.23. The molecule has 0 amide bonds. The zero-order chi connectivity index (χ0) is 10.7. The van der Waals surface area contributed by atoms with Crippen LogP contribution in [0.25, 0.3) is 0 Å². The van der Waals surface area contributed by atoms with E-state index in [4.69, 9.17) is 11.6 Å². The first-order valence-corrected chi connectivity index (χ1v) is 5.89. The number of hydrogen-bond acceptors (Lipinski definition) is 1. The summed E-state index contributed by atoms with van der Waals surface area (Å²) >= 11 is 6.16. The molecular weight excluding hydrogens is 208 g/mol. The molecule has 1 aromatic carbocycles. The summed E-state index contributed by atoms with van der Waals surface area (Å²) < 4.78 is 0. The molecule has 0 saturated heterocycles. The summed E-state index contributed by atoms with van der Waals surface area (Å²) in [5, 5.41) is 0.802. The normalized spacial score (nSPS) is 18.2. The van der Waals surface area contributed by atoms with Gasteiger partial charge in [-0.1, -0.05) is 36.2 Å². The second-order valence-corrected chi connectivity index (χ2v) is 4.63. The molecule has 1 atom stereocenters. The predicted molar refractivity (Wildman–Crippen MR) is 62.2 cm³/mol. The molecule has 15 heavy (non-hydrogen) atoms. The molecule has 1 aliphatic rings. The van der Waals surface area contributed by atoms with Gasteiger partial charge in [0.2, 0.25) is 0 Å². The summed E-state index contributed by atoms with van der Waals surface area (Å²) in [6, 6.07) is 7.89. The first-order chi connectivity index (χ1) is 7.33. The third-order valence-electron chi connectivity index (χ3n) is 3.37. The monoisotopic (exact) mass is 222 g/mol. The molecule has 1 saturated carbocycles. The molecule has 2 heteroatoms. The van der Waals surface area contributed by atoms with E-state index in [-0.39, 0.29) is 0 Å². The van der Waals surface area contributed by atoms with Gasteiger partial charge in [-0.2, -0.15) is 0 Å². The van der Waals surface area contributed by atoms with Gasteiger partial charge >= 0.3 is 0 Å². The first kappa shape index (κ1) is 10.7. The van der Waals surface area contributed by atoms with E-state index in [2.05, 4.69) is 6.07 Å². The molecule has 1 aromatic rings. The number of benzene rings is 1. The van der Waals surface area contributed by atoms with Crippen LogP contribution in [0.1, 0.15) is 37.2 Å². The molecule has 2 rings (SSSR count). The number of carbonyl (C=O) groups excluding carboxylic acids is 1. The minimum atomic E-state index is 0.338. The lowest BCUT2D eigenvalue weighted by molar-refractivity contribution is -0.108. The van der Waals surface area contributed by atoms with Crippen molar-refractivity contribution in [3.63, 3.8) is 0 Å². The molecule has 0 radical (unpaired) electrons. The van der Waals surface area contributed by atoms with Gasteiger partial charge in [0, 0.05) is 11.4 Å². The van der Waals surface area contributed by atoms with E-state index in [0.717, 1.165) is 16.9 Å². The molecule has 0 spiro atoms. The van der Waals surface area contributed by atoms with Gasteiger partial charge in [-0.25, -0.2) is 0 Å². The maximum atomic E-state index is 10.7. The standard InChI is InChI=1S/C13H15ClO/c14-13-7-2-1-6-12(13)11(8-9-15)10-4-3-5-10/h1-2,6-7,9-11H,3-5,8H2. The van der Waals surface area contributed by atoms with Crippen LogP contribution < -0.4 is 0 Å². The molecule has 0 heterocycles. The van der Waals surface area contributed by atoms with Gasteiger partial charge in [0.25, 0.3) is 0 Å². The Bertz CT molecular complexity index is 344. The van der Waals surface area contributed by atoms with Crippen LogP contribution in [-0.2, 0) is 4.79 Å². The van der Waals surface area contributed by atoms with Crippen LogP contribution in [-0.4, -0.2) is 6.29 Å². The highest BCUT2D eigenvalue weighted by Crippen LogP contribution is 2.42. The quantitative estimate of drug-likeness (QED) is 0.708. The van der Waals surface area contributed by atoms with Gasteiger partial charge in [0.15, 0.2) is 0 Å². The van der Waals surface area contributed by atoms with Crippen molar-refractivity contribution in [2.24, 2.45) is 5.92 Å². The molecule has 1 nitrogen and oxygen atoms in total. The number of aldehydes is 1. The molecule has 0 aromatic heterocycles. The van der Waals surface area contributed by atoms with Crippen molar-refractivity contribution in [2.45, 2.75) is 31.6 Å². The average molecular weight is 223 g/mol. The maximum Gasteiger partial charge on any atom is 0.120 e. The average Bonchev–Trinajstić information content (AvgIpc) is 2.15. The minimum Gasteiger partial charge on any atom is -0.303 e. The largest absolute Gasteiger partial charge is 0.303 e. The Morgan fingerprint density at radius 2 is 2.13 bits per heavy atom. The third-order valence-corrected chi connectivity index (χ3v) is 3.72. The lowest BCUT2D eigenvalue weighted by Gasteiger charge is -2.33. The Kier molecular flexibility index (Phi) is 3.42. The van der Waals surface area contributed by atoms with Crippen molar-refractivity contribution in [3.8, 4) is 0 Å². The molecule has 80 valence electrons. The van der Waals surface area contributed by atoms with Crippen LogP contribution in [0.4, 0.5) is 0 Å². The number of halogens is 1. The van der Waals surface area contributed by atoms with E-state index < -0.39 is 0 Å². The zero-order valence-corrected chi connectivity index (χ0v) is 9.41. The zero-order valence-electron chi connectivity index (χ0n) is 8.66. The van der Waals surface area contributed by atoms with Crippen molar-refractivity contribution in [2.75, 3.05) is 0 Å². The Morgan fingerprint density at radius 1 is 1.40 bits per heavy atom. The second kappa shape index (κ2) is 4.80. The highest BCUT2D eigenvalue weighted by atomic mass is 35.5. The third kappa shape index (κ3) is 2.23. The SMILES string of the molecule is O=CCC(c1ccccc1Cl)C1CCC1. The smallest absolute Gasteiger partial charge is 0.120 e. The maximum absolute atomic E-state index is 10.7. The molecule has 1 fully saturated rings. The number of hydrogen-bond donors (Lipinski definition) is 0. The molecule has 0 N–H and O–H groups in total. The fraction of sp³-hybridized carbons (Fsp3) is 0.462. The van der Waals surface area contributed by atoms with E-state index in [0.29, 0.717) is 18.3 Å². The highest BCUT2D eigenvalue weighted by Gasteiger charge is 2.29. The summed E-state index contributed by atoms with van der Waals surface area (Å²) in [4.78, 5) is 10.7. The number of rotatable bonds is 4. The van der Waals surface area contributed by atoms with E-state index in [1.165, 1.54) is 19.3 Å². The Hall–Kier alpha value is -0.820. The van der Waals surface area contributed by atoms with Gasteiger partial charge in [-0.3, -0.25) is 0 Å². The summed E-state index contributed by atoms with van der Waals surface area (Å²) in [7, 11) is 0. The van der Waals surface area contributed by atoms with Crippen molar-refractivity contribution in [1.82, 2.24) is 0 Å². The van der Waals surface area contributed by atoms with Gasteiger partial charge < -0.3 is 4.79 Å². The molecule has 1 aliphatic carbocycles. The van der Waals surface area contributed by atoms with Crippen LogP contribution in [0.15, 0.2) is 24.3 Å².